The number of methoxy groups -OCH3 is 1. The molecule has 2 aromatic carbocycles. The van der Waals surface area contributed by atoms with Crippen LogP contribution in [0.4, 0.5) is 18.9 Å². The molecule has 0 radical (unpaired) electrons. The van der Waals surface area contributed by atoms with Crippen molar-refractivity contribution in [2.24, 2.45) is 0 Å². The van der Waals surface area contributed by atoms with Crippen molar-refractivity contribution in [2.75, 3.05) is 18.4 Å². The van der Waals surface area contributed by atoms with Crippen molar-refractivity contribution in [3.05, 3.63) is 59.8 Å². The summed E-state index contributed by atoms with van der Waals surface area (Å²) < 4.78 is 82.6. The van der Waals surface area contributed by atoms with Crippen molar-refractivity contribution in [1.82, 2.24) is 5.16 Å². The molecule has 32 heavy (non-hydrogen) atoms. The zero-order valence-corrected chi connectivity index (χ0v) is 17.6. The van der Waals surface area contributed by atoms with Crippen molar-refractivity contribution in [3.63, 3.8) is 0 Å². The van der Waals surface area contributed by atoms with Gasteiger partial charge in [-0.05, 0) is 37.3 Å². The number of carbonyl (C=O) groups is 1. The molecule has 170 valence electrons. The van der Waals surface area contributed by atoms with Gasteiger partial charge in [-0.15, -0.1) is 0 Å². The first kappa shape index (κ1) is 23.1. The molecule has 1 heterocycles. The van der Waals surface area contributed by atoms with Crippen molar-refractivity contribution in [2.45, 2.75) is 18.0 Å². The van der Waals surface area contributed by atoms with Gasteiger partial charge in [-0.2, -0.15) is 13.2 Å². The number of aromatic nitrogens is 1. The Morgan fingerprint density at radius 2 is 1.88 bits per heavy atom. The van der Waals surface area contributed by atoms with Gasteiger partial charge in [-0.25, -0.2) is 13.2 Å². The molecule has 8 nitrogen and oxygen atoms in total. The number of ether oxygens (including phenoxy) is 2. The third-order valence-corrected chi connectivity index (χ3v) is 5.60. The molecule has 0 bridgehead atoms. The summed E-state index contributed by atoms with van der Waals surface area (Å²) in [6.45, 7) is 1.74. The summed E-state index contributed by atoms with van der Waals surface area (Å²) in [4.78, 5) is 11.3. The monoisotopic (exact) mass is 470 g/mol. The fourth-order valence-electron chi connectivity index (χ4n) is 2.77. The largest absolute Gasteiger partial charge is 0.495 e. The minimum Gasteiger partial charge on any atom is -0.495 e. The summed E-state index contributed by atoms with van der Waals surface area (Å²) in [5.41, 5.74) is -1.72. The molecule has 1 N–H and O–H groups in total. The van der Waals surface area contributed by atoms with Crippen LogP contribution in [0.2, 0.25) is 0 Å². The standard InChI is InChI=1S/C20H17F3N2O6S/c1-3-30-19(26)15-11-17(31-24-15)12-8-9-16(29-2)18(10-12)32(27,28)25-14-7-5-4-6-13(14)20(21,22)23/h4-11,25H,3H2,1-2H3. The Morgan fingerprint density at radius 3 is 2.53 bits per heavy atom. The highest BCUT2D eigenvalue weighted by Gasteiger charge is 2.34. The lowest BCUT2D eigenvalue weighted by Gasteiger charge is -2.16. The predicted octanol–water partition coefficient (Wildman–Crippen LogP) is 4.35. The first-order valence-electron chi connectivity index (χ1n) is 9.08. The lowest BCUT2D eigenvalue weighted by atomic mass is 10.1. The summed E-state index contributed by atoms with van der Waals surface area (Å²) in [5.74, 6) is -0.798. The van der Waals surface area contributed by atoms with Crippen LogP contribution in [0, 0.1) is 0 Å². The van der Waals surface area contributed by atoms with Gasteiger partial charge < -0.3 is 14.0 Å². The van der Waals surface area contributed by atoms with Gasteiger partial charge in [0.2, 0.25) is 0 Å². The van der Waals surface area contributed by atoms with Crippen LogP contribution in [0.25, 0.3) is 11.3 Å². The Hall–Kier alpha value is -3.54. The van der Waals surface area contributed by atoms with Crippen molar-refractivity contribution >= 4 is 21.7 Å². The zero-order valence-electron chi connectivity index (χ0n) is 16.8. The van der Waals surface area contributed by atoms with Crippen LogP contribution in [0.1, 0.15) is 23.0 Å². The Morgan fingerprint density at radius 1 is 1.16 bits per heavy atom. The maximum Gasteiger partial charge on any atom is 0.418 e. The second-order valence-corrected chi connectivity index (χ2v) is 7.96. The summed E-state index contributed by atoms with van der Waals surface area (Å²) >= 11 is 0. The van der Waals surface area contributed by atoms with Gasteiger partial charge in [0.25, 0.3) is 10.0 Å². The van der Waals surface area contributed by atoms with E-state index < -0.39 is 38.3 Å². The molecule has 0 amide bonds. The summed E-state index contributed by atoms with van der Waals surface area (Å²) in [5, 5.41) is 3.58. The number of sulfonamides is 1. The van der Waals surface area contributed by atoms with Crippen LogP contribution in [0.5, 0.6) is 5.75 Å². The molecule has 3 aromatic rings. The second kappa shape index (κ2) is 8.91. The fourth-order valence-corrected chi connectivity index (χ4v) is 4.05. The normalized spacial score (nSPS) is 11.8. The van der Waals surface area contributed by atoms with E-state index in [1.807, 2.05) is 4.72 Å². The van der Waals surface area contributed by atoms with Gasteiger partial charge in [-0.1, -0.05) is 17.3 Å². The van der Waals surface area contributed by atoms with Gasteiger partial charge in [0.05, 0.1) is 25.0 Å². The number of halogens is 3. The minimum absolute atomic E-state index is 0.0443. The van der Waals surface area contributed by atoms with Crippen LogP contribution in [0.15, 0.2) is 57.9 Å². The number of benzene rings is 2. The molecule has 0 aliphatic heterocycles. The number of anilines is 1. The number of carbonyl (C=O) groups excluding carboxylic acids is 1. The molecule has 0 saturated carbocycles. The van der Waals surface area contributed by atoms with Crippen LogP contribution in [0.3, 0.4) is 0 Å². The fraction of sp³-hybridized carbons (Fsp3) is 0.200. The molecular formula is C20H17F3N2O6S. The van der Waals surface area contributed by atoms with Gasteiger partial charge in [0.15, 0.2) is 11.5 Å². The average Bonchev–Trinajstić information content (AvgIpc) is 3.23. The third kappa shape index (κ3) is 4.85. The van der Waals surface area contributed by atoms with Gasteiger partial charge in [0.1, 0.15) is 10.6 Å². The van der Waals surface area contributed by atoms with E-state index in [-0.39, 0.29) is 29.4 Å². The maximum atomic E-state index is 13.3. The molecule has 0 saturated heterocycles. The van der Waals surface area contributed by atoms with Gasteiger partial charge >= 0.3 is 12.1 Å². The van der Waals surface area contributed by atoms with Gasteiger partial charge in [-0.3, -0.25) is 4.72 Å². The number of hydrogen-bond donors (Lipinski definition) is 1. The first-order chi connectivity index (χ1) is 15.1. The molecule has 0 fully saturated rings. The van der Waals surface area contributed by atoms with E-state index in [0.29, 0.717) is 0 Å². The number of esters is 1. The average molecular weight is 470 g/mol. The molecule has 12 heteroatoms. The Balaban J connectivity index is 2.02. The zero-order chi connectivity index (χ0) is 23.5. The van der Waals surface area contributed by atoms with Crippen molar-refractivity contribution in [3.8, 4) is 17.1 Å². The lowest BCUT2D eigenvalue weighted by molar-refractivity contribution is -0.136. The number of alkyl halides is 3. The SMILES string of the molecule is CCOC(=O)c1cc(-c2ccc(OC)c(S(=O)(=O)Nc3ccccc3C(F)(F)F)c2)on1. The van der Waals surface area contributed by atoms with E-state index in [1.54, 1.807) is 6.92 Å². The molecule has 0 unspecified atom stereocenters. The highest BCUT2D eigenvalue weighted by Crippen LogP contribution is 2.37. The molecular weight excluding hydrogens is 453 g/mol. The Kier molecular flexibility index (Phi) is 6.44. The van der Waals surface area contributed by atoms with Crippen LogP contribution < -0.4 is 9.46 Å². The van der Waals surface area contributed by atoms with E-state index >= 15 is 0 Å². The van der Waals surface area contributed by atoms with Crippen LogP contribution >= 0.6 is 0 Å². The lowest BCUT2D eigenvalue weighted by Crippen LogP contribution is -2.18. The topological polar surface area (TPSA) is 108 Å². The summed E-state index contributed by atoms with van der Waals surface area (Å²) in [6.07, 6.45) is -4.77. The van der Waals surface area contributed by atoms with E-state index in [2.05, 4.69) is 5.16 Å². The molecule has 0 spiro atoms. The maximum absolute atomic E-state index is 13.3. The second-order valence-electron chi connectivity index (χ2n) is 6.31. The van der Waals surface area contributed by atoms with Gasteiger partial charge in [0, 0.05) is 11.6 Å². The van der Waals surface area contributed by atoms with E-state index in [9.17, 15) is 26.4 Å². The highest BCUT2D eigenvalue weighted by molar-refractivity contribution is 7.92. The first-order valence-corrected chi connectivity index (χ1v) is 10.6. The Labute approximate surface area is 181 Å². The minimum atomic E-state index is -4.77. The smallest absolute Gasteiger partial charge is 0.418 e. The number of nitrogens with zero attached hydrogens (tertiary/aromatic N) is 1. The third-order valence-electron chi connectivity index (χ3n) is 4.21. The molecule has 0 aliphatic carbocycles. The quantitative estimate of drug-likeness (QED) is 0.512. The summed E-state index contributed by atoms with van der Waals surface area (Å²) in [6, 6.07) is 9.30. The molecule has 1 aromatic heterocycles. The van der Waals surface area contributed by atoms with E-state index in [4.69, 9.17) is 14.0 Å². The van der Waals surface area contributed by atoms with Crippen molar-refractivity contribution < 1.29 is 40.4 Å². The van der Waals surface area contributed by atoms with E-state index in [0.717, 1.165) is 24.3 Å². The highest BCUT2D eigenvalue weighted by atomic mass is 32.2. The van der Waals surface area contributed by atoms with E-state index in [1.165, 1.54) is 31.4 Å². The predicted molar refractivity (Wildman–Crippen MR) is 107 cm³/mol. The molecule has 0 aliphatic rings. The number of nitrogens with one attached hydrogen (secondary N) is 1. The molecule has 0 atom stereocenters. The number of rotatable bonds is 7. The Bertz CT molecular complexity index is 1240. The number of para-hydroxylation sites is 1. The number of hydrogen-bond acceptors (Lipinski definition) is 7. The summed E-state index contributed by atoms with van der Waals surface area (Å²) in [7, 11) is -3.30. The van der Waals surface area contributed by atoms with Crippen molar-refractivity contribution in [1.29, 1.82) is 0 Å². The molecule has 3 rings (SSSR count). The van der Waals surface area contributed by atoms with Crippen LogP contribution in [-0.4, -0.2) is 33.3 Å². The van der Waals surface area contributed by atoms with Crippen LogP contribution in [-0.2, 0) is 20.9 Å².